The number of rotatable bonds is 33. The molecule has 0 radical (unpaired) electrons. The maximum absolute atomic E-state index is 12.6. The van der Waals surface area contributed by atoms with Gasteiger partial charge in [0, 0.05) is 6.42 Å². The second-order valence-corrected chi connectivity index (χ2v) is 14.7. The lowest BCUT2D eigenvalue weighted by atomic mass is 10.1. The van der Waals surface area contributed by atoms with E-state index in [1.165, 1.54) is 44.9 Å². The first-order valence-corrected chi connectivity index (χ1v) is 20.0. The van der Waals surface area contributed by atoms with Crippen molar-refractivity contribution in [2.75, 3.05) is 54.1 Å². The SMILES string of the molecule is CC/C=C\C/C=C\C/C=C\C/C=C\C/C=C\CCOCC(COP(=O)(O)OCC[N+](C)(C)C)OC(=O)CCCCCCCCCCCC. The van der Waals surface area contributed by atoms with Crippen LogP contribution >= 0.6 is 7.82 Å². The molecule has 8 nitrogen and oxygen atoms in total. The molecule has 0 aromatic heterocycles. The fourth-order valence-electron chi connectivity index (χ4n) is 4.50. The molecule has 9 heteroatoms. The number of carbonyl (C=O) groups excluding carboxylic acids is 1. The molecular formula is C39H71NO7P+. The third-order valence-corrected chi connectivity index (χ3v) is 8.35. The Morgan fingerprint density at radius 1 is 0.667 bits per heavy atom. The number of phosphoric acid groups is 1. The van der Waals surface area contributed by atoms with Gasteiger partial charge in [0.05, 0.1) is 41.0 Å². The minimum Gasteiger partial charge on any atom is -0.457 e. The summed E-state index contributed by atoms with van der Waals surface area (Å²) >= 11 is 0. The summed E-state index contributed by atoms with van der Waals surface area (Å²) in [6.45, 7) is 5.24. The van der Waals surface area contributed by atoms with Crippen LogP contribution in [0.2, 0.25) is 0 Å². The van der Waals surface area contributed by atoms with Gasteiger partial charge in [-0.1, -0.05) is 132 Å². The molecule has 1 N–H and O–H groups in total. The normalized spacial score (nSPS) is 14.7. The number of hydrogen-bond acceptors (Lipinski definition) is 6. The van der Waals surface area contributed by atoms with Crippen molar-refractivity contribution < 1.29 is 37.3 Å². The van der Waals surface area contributed by atoms with Crippen LogP contribution in [0.3, 0.4) is 0 Å². The lowest BCUT2D eigenvalue weighted by Crippen LogP contribution is -2.37. The number of ether oxygens (including phenoxy) is 2. The lowest BCUT2D eigenvalue weighted by molar-refractivity contribution is -0.870. The van der Waals surface area contributed by atoms with E-state index >= 15 is 0 Å². The molecule has 0 bridgehead atoms. The van der Waals surface area contributed by atoms with E-state index in [1.807, 2.05) is 21.1 Å². The van der Waals surface area contributed by atoms with E-state index < -0.39 is 13.9 Å². The molecule has 0 saturated heterocycles. The van der Waals surface area contributed by atoms with Gasteiger partial charge in [-0.3, -0.25) is 13.8 Å². The lowest BCUT2D eigenvalue weighted by Gasteiger charge is -2.24. The quantitative estimate of drug-likeness (QED) is 0.0240. The molecule has 0 aliphatic rings. The van der Waals surface area contributed by atoms with Crippen LogP contribution in [0.4, 0.5) is 0 Å². The van der Waals surface area contributed by atoms with E-state index in [1.54, 1.807) is 0 Å². The van der Waals surface area contributed by atoms with Crippen molar-refractivity contribution in [2.24, 2.45) is 0 Å². The van der Waals surface area contributed by atoms with E-state index in [0.29, 0.717) is 30.5 Å². The number of carbonyl (C=O) groups is 1. The molecule has 0 spiro atoms. The predicted octanol–water partition coefficient (Wildman–Crippen LogP) is 10.2. The maximum Gasteiger partial charge on any atom is 0.472 e. The standard InChI is InChI=1S/C39H70NO7P/c1-6-8-10-12-14-16-18-19-20-21-22-23-25-27-29-31-34-44-36-38(37-46-48(42,43)45-35-33-40(3,4)5)47-39(41)32-30-28-26-24-17-15-13-11-9-7-2/h8,10,14,16,19-20,22-23,27,29,38H,6-7,9,11-13,15,17-18,21,24-26,28,30-37H2,1-5H3/p+1/b10-8-,16-14-,20-19-,23-22-,29-27-. The van der Waals surface area contributed by atoms with Gasteiger partial charge in [0.1, 0.15) is 19.3 Å². The highest BCUT2D eigenvalue weighted by atomic mass is 31.2. The highest BCUT2D eigenvalue weighted by molar-refractivity contribution is 7.47. The van der Waals surface area contributed by atoms with Gasteiger partial charge >= 0.3 is 13.8 Å². The van der Waals surface area contributed by atoms with Crippen molar-refractivity contribution in [1.29, 1.82) is 0 Å². The van der Waals surface area contributed by atoms with E-state index in [9.17, 15) is 14.3 Å². The molecule has 278 valence electrons. The summed E-state index contributed by atoms with van der Waals surface area (Å²) in [5.41, 5.74) is 0. The molecule has 0 aromatic carbocycles. The molecule has 0 fully saturated rings. The van der Waals surface area contributed by atoms with Crippen LogP contribution in [0, 0.1) is 0 Å². The van der Waals surface area contributed by atoms with Crippen molar-refractivity contribution in [3.05, 3.63) is 60.8 Å². The average Bonchev–Trinajstić information content (AvgIpc) is 3.03. The van der Waals surface area contributed by atoms with Crippen molar-refractivity contribution >= 4 is 13.8 Å². The molecule has 48 heavy (non-hydrogen) atoms. The number of nitrogens with zero attached hydrogens (tertiary/aromatic N) is 1. The third kappa shape index (κ3) is 35.5. The summed E-state index contributed by atoms with van der Waals surface area (Å²) in [4.78, 5) is 22.7. The average molecular weight is 697 g/mol. The van der Waals surface area contributed by atoms with Gasteiger partial charge in [0.2, 0.25) is 0 Å². The van der Waals surface area contributed by atoms with Gasteiger partial charge in [0.25, 0.3) is 0 Å². The number of esters is 1. The molecule has 0 heterocycles. The number of phosphoric ester groups is 1. The molecule has 0 aliphatic carbocycles. The summed E-state index contributed by atoms with van der Waals surface area (Å²) < 4.78 is 34.6. The van der Waals surface area contributed by atoms with Gasteiger partial charge < -0.3 is 18.9 Å². The molecule has 2 atom stereocenters. The Morgan fingerprint density at radius 3 is 1.69 bits per heavy atom. The second kappa shape index (κ2) is 32.4. The Hall–Kier alpha value is -1.80. The maximum atomic E-state index is 12.6. The van der Waals surface area contributed by atoms with E-state index in [-0.39, 0.29) is 25.8 Å². The van der Waals surface area contributed by atoms with Gasteiger partial charge in [-0.25, -0.2) is 4.57 Å². The number of allylic oxidation sites excluding steroid dienone is 9. The van der Waals surface area contributed by atoms with Gasteiger partial charge in [-0.2, -0.15) is 0 Å². The molecule has 0 aliphatic heterocycles. The Balaban J connectivity index is 4.45. The Bertz CT molecular complexity index is 952. The van der Waals surface area contributed by atoms with E-state index in [0.717, 1.165) is 51.4 Å². The zero-order chi connectivity index (χ0) is 35.6. The second-order valence-electron chi connectivity index (χ2n) is 13.2. The summed E-state index contributed by atoms with van der Waals surface area (Å²) in [7, 11) is 1.61. The van der Waals surface area contributed by atoms with Crippen LogP contribution in [0.5, 0.6) is 0 Å². The largest absolute Gasteiger partial charge is 0.472 e. The highest BCUT2D eigenvalue weighted by Gasteiger charge is 2.26. The Labute approximate surface area is 294 Å². The van der Waals surface area contributed by atoms with Crippen LogP contribution in [0.1, 0.15) is 123 Å². The van der Waals surface area contributed by atoms with Crippen LogP contribution in [0.15, 0.2) is 60.8 Å². The van der Waals surface area contributed by atoms with Crippen LogP contribution in [-0.4, -0.2) is 75.6 Å². The first-order chi connectivity index (χ1) is 23.1. The third-order valence-electron chi connectivity index (χ3n) is 7.36. The van der Waals surface area contributed by atoms with E-state index in [4.69, 9.17) is 18.5 Å². The molecule has 2 unspecified atom stereocenters. The predicted molar refractivity (Wildman–Crippen MR) is 201 cm³/mol. The molecule has 0 rings (SSSR count). The Morgan fingerprint density at radius 2 is 1.17 bits per heavy atom. The summed E-state index contributed by atoms with van der Waals surface area (Å²) in [6.07, 6.45) is 38.5. The molecule has 0 saturated carbocycles. The minimum atomic E-state index is -4.28. The fourth-order valence-corrected chi connectivity index (χ4v) is 5.24. The van der Waals surface area contributed by atoms with Crippen LogP contribution in [0.25, 0.3) is 0 Å². The molecular weight excluding hydrogens is 625 g/mol. The molecule has 0 amide bonds. The van der Waals surface area contributed by atoms with E-state index in [2.05, 4.69) is 74.6 Å². The summed E-state index contributed by atoms with van der Waals surface area (Å²) in [5.74, 6) is -0.344. The zero-order valence-corrected chi connectivity index (χ0v) is 32.1. The number of likely N-dealkylation sites (N-methyl/N-ethyl adjacent to an activating group) is 1. The van der Waals surface area contributed by atoms with Crippen LogP contribution < -0.4 is 0 Å². The van der Waals surface area contributed by atoms with Crippen molar-refractivity contribution in [3.8, 4) is 0 Å². The van der Waals surface area contributed by atoms with Gasteiger partial charge in [-0.05, 0) is 44.9 Å². The topological polar surface area (TPSA) is 91.3 Å². The van der Waals surface area contributed by atoms with Gasteiger partial charge in [-0.15, -0.1) is 0 Å². The monoisotopic (exact) mass is 696 g/mol. The number of quaternary nitrogens is 1. The first-order valence-electron chi connectivity index (χ1n) is 18.5. The van der Waals surface area contributed by atoms with Crippen molar-refractivity contribution in [3.63, 3.8) is 0 Å². The van der Waals surface area contributed by atoms with Crippen LogP contribution in [-0.2, 0) is 27.9 Å². The first kappa shape index (κ1) is 46.2. The Kier molecular flexibility index (Phi) is 31.2. The van der Waals surface area contributed by atoms with Crippen molar-refractivity contribution in [1.82, 2.24) is 0 Å². The highest BCUT2D eigenvalue weighted by Crippen LogP contribution is 2.43. The summed E-state index contributed by atoms with van der Waals surface area (Å²) in [6, 6.07) is 0. The summed E-state index contributed by atoms with van der Waals surface area (Å²) in [5, 5.41) is 0. The fraction of sp³-hybridized carbons (Fsp3) is 0.718. The smallest absolute Gasteiger partial charge is 0.457 e. The number of unbranched alkanes of at least 4 members (excludes halogenated alkanes) is 9. The minimum absolute atomic E-state index is 0.0736. The number of hydrogen-bond donors (Lipinski definition) is 1. The van der Waals surface area contributed by atoms with Gasteiger partial charge in [0.15, 0.2) is 0 Å². The zero-order valence-electron chi connectivity index (χ0n) is 31.2. The van der Waals surface area contributed by atoms with Crippen molar-refractivity contribution in [2.45, 2.75) is 129 Å². The molecule has 0 aromatic rings.